The molecule has 80 valence electrons. The summed E-state index contributed by atoms with van der Waals surface area (Å²) in [4.78, 5) is 12.5. The van der Waals surface area contributed by atoms with Gasteiger partial charge in [0.2, 0.25) is 9.84 Å². The van der Waals surface area contributed by atoms with Gasteiger partial charge in [0.1, 0.15) is 6.20 Å². The maximum atomic E-state index is 11.4. The molecule has 1 aromatic rings. The molecule has 0 radical (unpaired) electrons. The van der Waals surface area contributed by atoms with Crippen LogP contribution in [0.15, 0.2) is 29.3 Å². The van der Waals surface area contributed by atoms with Gasteiger partial charge in [0, 0.05) is 11.6 Å². The molecule has 0 atom stereocenters. The van der Waals surface area contributed by atoms with E-state index in [1.807, 2.05) is 0 Å². The Kier molecular flexibility index (Phi) is 3.06. The first kappa shape index (κ1) is 11.6. The van der Waals surface area contributed by atoms with Crippen molar-refractivity contribution in [1.82, 2.24) is 4.98 Å². The molecule has 0 aromatic carbocycles. The van der Waals surface area contributed by atoms with Crippen molar-refractivity contribution in [1.29, 1.82) is 0 Å². The Labute approximate surface area is 90.3 Å². The van der Waals surface area contributed by atoms with E-state index in [0.717, 1.165) is 12.4 Å². The Bertz CT molecular complexity index is 526. The molecule has 0 aliphatic carbocycles. The van der Waals surface area contributed by atoms with Crippen LogP contribution in [0, 0.1) is 10.1 Å². The fraction of sp³-hybridized carbons (Fsp3) is 0. The highest BCUT2D eigenvalue weighted by molar-refractivity contribution is 7.94. The van der Waals surface area contributed by atoms with Gasteiger partial charge in [-0.2, -0.15) is 0 Å². The molecule has 6 nitrogen and oxygen atoms in total. The lowest BCUT2D eigenvalue weighted by Gasteiger charge is -2.01. The summed E-state index contributed by atoms with van der Waals surface area (Å²) < 4.78 is 22.8. The summed E-state index contributed by atoms with van der Waals surface area (Å²) in [6.45, 7) is 3.06. The van der Waals surface area contributed by atoms with E-state index in [1.54, 1.807) is 0 Å². The minimum atomic E-state index is -3.95. The molecule has 15 heavy (non-hydrogen) atoms. The summed E-state index contributed by atoms with van der Waals surface area (Å²) in [5, 5.41) is 10.8. The van der Waals surface area contributed by atoms with Crippen LogP contribution in [0.5, 0.6) is 0 Å². The molecule has 0 saturated heterocycles. The number of halogens is 1. The number of aromatic nitrogens is 1. The summed E-state index contributed by atoms with van der Waals surface area (Å²) in [6.07, 6.45) is 1.84. The largest absolute Gasteiger partial charge is 0.307 e. The van der Waals surface area contributed by atoms with E-state index in [1.165, 1.54) is 0 Å². The van der Waals surface area contributed by atoms with Crippen LogP contribution in [0.3, 0.4) is 0 Å². The van der Waals surface area contributed by atoms with Gasteiger partial charge in [-0.3, -0.25) is 15.1 Å². The molecule has 8 heteroatoms. The summed E-state index contributed by atoms with van der Waals surface area (Å²) >= 11 is 5.54. The molecule has 0 amide bonds. The second kappa shape index (κ2) is 3.95. The zero-order valence-corrected chi connectivity index (χ0v) is 8.83. The van der Waals surface area contributed by atoms with Crippen molar-refractivity contribution >= 4 is 27.1 Å². The van der Waals surface area contributed by atoms with Crippen molar-refractivity contribution in [3.63, 3.8) is 0 Å². The summed E-state index contributed by atoms with van der Waals surface area (Å²) in [5.74, 6) is 0. The fourth-order valence-corrected chi connectivity index (χ4v) is 2.29. The van der Waals surface area contributed by atoms with Crippen LogP contribution in [0.1, 0.15) is 0 Å². The van der Waals surface area contributed by atoms with E-state index in [0.29, 0.717) is 5.41 Å². The van der Waals surface area contributed by atoms with Gasteiger partial charge < -0.3 is 0 Å². The SMILES string of the molecule is C=CS(=O)(=O)c1c(Cl)cncc1[N+](=O)[O-]. The third-order valence-electron chi connectivity index (χ3n) is 1.53. The second-order valence-electron chi connectivity index (χ2n) is 2.44. The molecule has 0 aliphatic rings. The van der Waals surface area contributed by atoms with E-state index in [9.17, 15) is 18.5 Å². The average Bonchev–Trinajstić information content (AvgIpc) is 2.17. The predicted octanol–water partition coefficient (Wildman–Crippen LogP) is 1.56. The van der Waals surface area contributed by atoms with Crippen molar-refractivity contribution in [3.05, 3.63) is 39.5 Å². The third kappa shape index (κ3) is 2.13. The van der Waals surface area contributed by atoms with E-state index < -0.39 is 25.3 Å². The van der Waals surface area contributed by atoms with E-state index in [4.69, 9.17) is 11.6 Å². The van der Waals surface area contributed by atoms with Crippen LogP contribution in [0.4, 0.5) is 5.69 Å². The van der Waals surface area contributed by atoms with E-state index in [2.05, 4.69) is 11.6 Å². The quantitative estimate of drug-likeness (QED) is 0.598. The summed E-state index contributed by atoms with van der Waals surface area (Å²) in [7, 11) is -3.95. The normalized spacial score (nSPS) is 11.0. The lowest BCUT2D eigenvalue weighted by Crippen LogP contribution is -2.03. The maximum absolute atomic E-state index is 11.4. The van der Waals surface area contributed by atoms with Crippen molar-refractivity contribution in [2.75, 3.05) is 0 Å². The zero-order valence-electron chi connectivity index (χ0n) is 7.25. The number of pyridine rings is 1. The first-order chi connectivity index (χ1) is 6.90. The number of sulfone groups is 1. The van der Waals surface area contributed by atoms with Gasteiger partial charge in [-0.05, 0) is 0 Å². The fourth-order valence-electron chi connectivity index (χ4n) is 0.908. The Hall–Kier alpha value is -1.47. The minimum absolute atomic E-state index is 0.302. The molecule has 1 aromatic heterocycles. The first-order valence-corrected chi connectivity index (χ1v) is 5.48. The van der Waals surface area contributed by atoms with Gasteiger partial charge in [-0.25, -0.2) is 8.42 Å². The van der Waals surface area contributed by atoms with E-state index in [-0.39, 0.29) is 5.02 Å². The zero-order chi connectivity index (χ0) is 11.6. The Balaban J connectivity index is 3.66. The predicted molar refractivity (Wildman–Crippen MR) is 53.3 cm³/mol. The Morgan fingerprint density at radius 2 is 2.13 bits per heavy atom. The van der Waals surface area contributed by atoms with Crippen LogP contribution in [-0.2, 0) is 9.84 Å². The van der Waals surface area contributed by atoms with Crippen molar-refractivity contribution in [2.45, 2.75) is 4.90 Å². The standard InChI is InChI=1S/C7H5ClN2O4S/c1-2-15(13,14)7-5(8)3-9-4-6(7)10(11)12/h2-4H,1H2. The minimum Gasteiger partial charge on any atom is -0.258 e. The molecule has 1 rings (SSSR count). The summed E-state index contributed by atoms with van der Waals surface area (Å²) in [6, 6.07) is 0. The van der Waals surface area contributed by atoms with Gasteiger partial charge in [0.15, 0.2) is 4.90 Å². The topological polar surface area (TPSA) is 90.2 Å². The highest BCUT2D eigenvalue weighted by Crippen LogP contribution is 2.30. The Morgan fingerprint density at radius 3 is 2.60 bits per heavy atom. The molecule has 0 aliphatic heterocycles. The second-order valence-corrected chi connectivity index (χ2v) is 4.68. The summed E-state index contributed by atoms with van der Waals surface area (Å²) in [5.41, 5.74) is -0.664. The Morgan fingerprint density at radius 1 is 1.53 bits per heavy atom. The van der Waals surface area contributed by atoms with Gasteiger partial charge in [0.25, 0.3) is 0 Å². The van der Waals surface area contributed by atoms with Crippen LogP contribution < -0.4 is 0 Å². The molecule has 0 fully saturated rings. The van der Waals surface area contributed by atoms with Gasteiger partial charge in [-0.15, -0.1) is 0 Å². The van der Waals surface area contributed by atoms with Crippen molar-refractivity contribution in [2.24, 2.45) is 0 Å². The average molecular weight is 249 g/mol. The lowest BCUT2D eigenvalue weighted by atomic mass is 10.4. The number of rotatable bonds is 3. The number of hydrogen-bond donors (Lipinski definition) is 0. The lowest BCUT2D eigenvalue weighted by molar-refractivity contribution is -0.388. The third-order valence-corrected chi connectivity index (χ3v) is 3.37. The smallest absolute Gasteiger partial charge is 0.258 e. The first-order valence-electron chi connectivity index (χ1n) is 3.55. The molecule has 1 heterocycles. The molecule has 0 spiro atoms. The maximum Gasteiger partial charge on any atom is 0.307 e. The highest BCUT2D eigenvalue weighted by Gasteiger charge is 2.27. The van der Waals surface area contributed by atoms with Crippen LogP contribution in [0.25, 0.3) is 0 Å². The number of nitrogens with zero attached hydrogens (tertiary/aromatic N) is 2. The van der Waals surface area contributed by atoms with Gasteiger partial charge >= 0.3 is 5.69 Å². The molecule has 0 N–H and O–H groups in total. The molecule has 0 unspecified atom stereocenters. The van der Waals surface area contributed by atoms with Crippen LogP contribution in [-0.4, -0.2) is 18.3 Å². The molecular formula is C7H5ClN2O4S. The molecule has 0 bridgehead atoms. The highest BCUT2D eigenvalue weighted by atomic mass is 35.5. The number of nitro groups is 1. The van der Waals surface area contributed by atoms with Gasteiger partial charge in [-0.1, -0.05) is 18.2 Å². The van der Waals surface area contributed by atoms with Crippen molar-refractivity contribution < 1.29 is 13.3 Å². The van der Waals surface area contributed by atoms with Gasteiger partial charge in [0.05, 0.1) is 9.95 Å². The van der Waals surface area contributed by atoms with E-state index >= 15 is 0 Å². The van der Waals surface area contributed by atoms with Crippen molar-refractivity contribution in [3.8, 4) is 0 Å². The molecular weight excluding hydrogens is 244 g/mol. The van der Waals surface area contributed by atoms with Crippen LogP contribution in [0.2, 0.25) is 5.02 Å². The number of hydrogen-bond acceptors (Lipinski definition) is 5. The van der Waals surface area contributed by atoms with Crippen LogP contribution >= 0.6 is 11.6 Å². The molecule has 0 saturated carbocycles. The monoisotopic (exact) mass is 248 g/mol.